The molecule has 1 N–H and O–H groups in total. The van der Waals surface area contributed by atoms with E-state index in [1.165, 1.54) is 0 Å². The number of aromatic carboxylic acids is 1. The summed E-state index contributed by atoms with van der Waals surface area (Å²) in [6.45, 7) is 4.88. The maximum Gasteiger partial charge on any atom is 0.335 e. The Morgan fingerprint density at radius 1 is 1.47 bits per heavy atom. The van der Waals surface area contributed by atoms with E-state index in [0.29, 0.717) is 18.3 Å². The number of rotatable bonds is 6. The van der Waals surface area contributed by atoms with Crippen LogP contribution >= 0.6 is 15.9 Å². The highest BCUT2D eigenvalue weighted by atomic mass is 79.9. The lowest BCUT2D eigenvalue weighted by Crippen LogP contribution is -2.08. The molecule has 0 radical (unpaired) electrons. The van der Waals surface area contributed by atoms with Crippen LogP contribution in [0.3, 0.4) is 0 Å². The highest BCUT2D eigenvalue weighted by Crippen LogP contribution is 2.22. The summed E-state index contributed by atoms with van der Waals surface area (Å²) in [7, 11) is 0. The van der Waals surface area contributed by atoms with Gasteiger partial charge in [-0.05, 0) is 30.5 Å². The monoisotopic (exact) mass is 300 g/mol. The highest BCUT2D eigenvalue weighted by Gasteiger charge is 2.08. The lowest BCUT2D eigenvalue weighted by molar-refractivity contribution is 0.0696. The van der Waals surface area contributed by atoms with Gasteiger partial charge < -0.3 is 9.84 Å². The maximum absolute atomic E-state index is 10.9. The van der Waals surface area contributed by atoms with E-state index in [2.05, 4.69) is 29.8 Å². The first-order valence-electron chi connectivity index (χ1n) is 5.69. The molecule has 1 aromatic rings. The van der Waals surface area contributed by atoms with Crippen LogP contribution in [0.1, 0.15) is 37.0 Å². The fourth-order valence-electron chi connectivity index (χ4n) is 1.58. The summed E-state index contributed by atoms with van der Waals surface area (Å²) in [5.41, 5.74) is 0.234. The molecule has 0 spiro atoms. The van der Waals surface area contributed by atoms with Crippen LogP contribution < -0.4 is 4.74 Å². The van der Waals surface area contributed by atoms with Crippen LogP contribution in [0.25, 0.3) is 0 Å². The van der Waals surface area contributed by atoms with Crippen LogP contribution in [0.2, 0.25) is 0 Å². The number of benzene rings is 1. The van der Waals surface area contributed by atoms with Gasteiger partial charge in [-0.1, -0.05) is 36.2 Å². The molecule has 0 aliphatic carbocycles. The number of carbonyl (C=O) groups is 1. The normalized spacial score (nSPS) is 12.2. The first-order valence-corrected chi connectivity index (χ1v) is 6.49. The van der Waals surface area contributed by atoms with Gasteiger partial charge in [0.2, 0.25) is 0 Å². The summed E-state index contributed by atoms with van der Waals surface area (Å²) in [4.78, 5) is 10.9. The Hall–Kier alpha value is -1.03. The van der Waals surface area contributed by atoms with E-state index in [0.717, 1.165) is 17.3 Å². The largest absolute Gasteiger partial charge is 0.493 e. The molecule has 0 aliphatic rings. The van der Waals surface area contributed by atoms with Crippen LogP contribution in [0.15, 0.2) is 22.7 Å². The van der Waals surface area contributed by atoms with Gasteiger partial charge in [-0.2, -0.15) is 0 Å². The van der Waals surface area contributed by atoms with Crippen molar-refractivity contribution in [1.82, 2.24) is 0 Å². The molecule has 1 unspecified atom stereocenters. The first-order chi connectivity index (χ1) is 8.02. The summed E-state index contributed by atoms with van der Waals surface area (Å²) in [6, 6.07) is 4.89. The molecule has 0 fully saturated rings. The van der Waals surface area contributed by atoms with Crippen molar-refractivity contribution in [3.63, 3.8) is 0 Å². The maximum atomic E-state index is 10.9. The number of carboxylic acids is 1. The fraction of sp³-hybridized carbons (Fsp3) is 0.462. The van der Waals surface area contributed by atoms with E-state index in [-0.39, 0.29) is 5.56 Å². The van der Waals surface area contributed by atoms with Crippen molar-refractivity contribution < 1.29 is 14.6 Å². The van der Waals surface area contributed by atoms with Crippen molar-refractivity contribution in [2.24, 2.45) is 5.92 Å². The first kappa shape index (κ1) is 14.0. The molecule has 94 valence electrons. The molecule has 0 bridgehead atoms. The molecule has 4 heteroatoms. The number of ether oxygens (including phenoxy) is 1. The minimum Gasteiger partial charge on any atom is -0.493 e. The third-order valence-electron chi connectivity index (χ3n) is 2.43. The standard InChI is InChI=1S/C13H17BrO3/c1-3-4-9(2)8-17-12-6-10(13(15)16)5-11(14)7-12/h5-7,9H,3-4,8H2,1-2H3,(H,15,16). The van der Waals surface area contributed by atoms with E-state index >= 15 is 0 Å². The van der Waals surface area contributed by atoms with Crippen molar-refractivity contribution >= 4 is 21.9 Å². The fourth-order valence-corrected chi connectivity index (χ4v) is 2.06. The Labute approximate surface area is 110 Å². The zero-order chi connectivity index (χ0) is 12.8. The van der Waals surface area contributed by atoms with Gasteiger partial charge in [-0.3, -0.25) is 0 Å². The molecule has 0 heterocycles. The van der Waals surface area contributed by atoms with Gasteiger partial charge in [-0.25, -0.2) is 4.79 Å². The molecule has 0 amide bonds. The Balaban J connectivity index is 2.68. The molecule has 0 aliphatic heterocycles. The second-order valence-corrected chi connectivity index (χ2v) is 5.10. The van der Waals surface area contributed by atoms with Crippen molar-refractivity contribution in [2.75, 3.05) is 6.61 Å². The summed E-state index contributed by atoms with van der Waals surface area (Å²) < 4.78 is 6.32. The van der Waals surface area contributed by atoms with Crippen molar-refractivity contribution in [3.05, 3.63) is 28.2 Å². The second kappa shape index (κ2) is 6.64. The highest BCUT2D eigenvalue weighted by molar-refractivity contribution is 9.10. The Kier molecular flexibility index (Phi) is 5.48. The average Bonchev–Trinajstić information content (AvgIpc) is 2.26. The molecule has 17 heavy (non-hydrogen) atoms. The molecule has 0 aromatic heterocycles. The van der Waals surface area contributed by atoms with E-state index < -0.39 is 5.97 Å². The van der Waals surface area contributed by atoms with Crippen LogP contribution in [-0.4, -0.2) is 17.7 Å². The number of hydrogen-bond acceptors (Lipinski definition) is 2. The van der Waals surface area contributed by atoms with E-state index in [1.807, 2.05) is 0 Å². The topological polar surface area (TPSA) is 46.5 Å². The van der Waals surface area contributed by atoms with Gasteiger partial charge in [0.15, 0.2) is 0 Å². The molecule has 0 saturated heterocycles. The average molecular weight is 301 g/mol. The zero-order valence-electron chi connectivity index (χ0n) is 10.1. The van der Waals surface area contributed by atoms with Crippen LogP contribution in [0.5, 0.6) is 5.75 Å². The van der Waals surface area contributed by atoms with E-state index in [1.54, 1.807) is 18.2 Å². The predicted molar refractivity (Wildman–Crippen MR) is 70.7 cm³/mol. The molecule has 1 atom stereocenters. The van der Waals surface area contributed by atoms with Crippen LogP contribution in [0, 0.1) is 5.92 Å². The SMILES string of the molecule is CCCC(C)COc1cc(Br)cc(C(=O)O)c1. The minimum atomic E-state index is -0.947. The molecule has 1 rings (SSSR count). The third kappa shape index (κ3) is 4.77. The van der Waals surface area contributed by atoms with Gasteiger partial charge >= 0.3 is 5.97 Å². The lowest BCUT2D eigenvalue weighted by Gasteiger charge is -2.12. The van der Waals surface area contributed by atoms with Gasteiger partial charge in [0.1, 0.15) is 5.75 Å². The smallest absolute Gasteiger partial charge is 0.335 e. The van der Waals surface area contributed by atoms with Crippen LogP contribution in [0.4, 0.5) is 0 Å². The van der Waals surface area contributed by atoms with Crippen LogP contribution in [-0.2, 0) is 0 Å². The Bertz CT molecular complexity index is 390. The minimum absolute atomic E-state index is 0.234. The molecular weight excluding hydrogens is 284 g/mol. The summed E-state index contributed by atoms with van der Waals surface area (Å²) >= 11 is 3.28. The van der Waals surface area contributed by atoms with Gasteiger partial charge in [0, 0.05) is 4.47 Å². The van der Waals surface area contributed by atoms with Crippen molar-refractivity contribution in [1.29, 1.82) is 0 Å². The predicted octanol–water partition coefficient (Wildman–Crippen LogP) is 3.96. The van der Waals surface area contributed by atoms with Gasteiger partial charge in [0.25, 0.3) is 0 Å². The molecular formula is C13H17BrO3. The van der Waals surface area contributed by atoms with Crippen molar-refractivity contribution in [3.8, 4) is 5.75 Å². The van der Waals surface area contributed by atoms with Gasteiger partial charge in [0.05, 0.1) is 12.2 Å². The number of carboxylic acid groups (broad SMARTS) is 1. The van der Waals surface area contributed by atoms with E-state index in [4.69, 9.17) is 9.84 Å². The number of halogens is 1. The Morgan fingerprint density at radius 2 is 2.18 bits per heavy atom. The summed E-state index contributed by atoms with van der Waals surface area (Å²) in [5.74, 6) is 0.129. The van der Waals surface area contributed by atoms with Crippen molar-refractivity contribution in [2.45, 2.75) is 26.7 Å². The summed E-state index contributed by atoms with van der Waals surface area (Å²) in [6.07, 6.45) is 2.24. The quantitative estimate of drug-likeness (QED) is 0.865. The molecule has 0 saturated carbocycles. The van der Waals surface area contributed by atoms with E-state index in [9.17, 15) is 4.79 Å². The second-order valence-electron chi connectivity index (χ2n) is 4.19. The van der Waals surface area contributed by atoms with Gasteiger partial charge in [-0.15, -0.1) is 0 Å². The molecule has 1 aromatic carbocycles. The third-order valence-corrected chi connectivity index (χ3v) is 2.89. The number of hydrogen-bond donors (Lipinski definition) is 1. The molecule has 3 nitrogen and oxygen atoms in total. The lowest BCUT2D eigenvalue weighted by atomic mass is 10.1. The summed E-state index contributed by atoms with van der Waals surface area (Å²) in [5, 5.41) is 8.92. The Morgan fingerprint density at radius 3 is 2.76 bits per heavy atom. The zero-order valence-corrected chi connectivity index (χ0v) is 11.7.